The molecule has 0 aromatic carbocycles. The van der Waals surface area contributed by atoms with Crippen LogP contribution in [0, 0.1) is 6.92 Å². The Hall–Kier alpha value is -1.75. The zero-order valence-corrected chi connectivity index (χ0v) is 10.7. The van der Waals surface area contributed by atoms with Crippen LogP contribution in [0.15, 0.2) is 41.1 Å². The minimum atomic E-state index is -0.225. The van der Waals surface area contributed by atoms with E-state index in [1.165, 1.54) is 0 Å². The molecular formula is C12H10BrN3O. The summed E-state index contributed by atoms with van der Waals surface area (Å²) in [5.41, 5.74) is 1.38. The van der Waals surface area contributed by atoms with Crippen LogP contribution in [0.1, 0.15) is 16.1 Å². The largest absolute Gasteiger partial charge is 0.306 e. The molecule has 0 saturated heterocycles. The molecular weight excluding hydrogens is 282 g/mol. The zero-order valence-electron chi connectivity index (χ0n) is 9.14. The predicted octanol–water partition coefficient (Wildman–Crippen LogP) is 2.80. The molecule has 1 amide bonds. The molecule has 0 bridgehead atoms. The van der Waals surface area contributed by atoms with Gasteiger partial charge in [-0.3, -0.25) is 9.78 Å². The molecule has 0 aliphatic rings. The SMILES string of the molecule is Cc1ccc(C(=O)Nc2ncccc2Br)cn1. The second-order valence-corrected chi connectivity index (χ2v) is 4.33. The number of pyridine rings is 2. The maximum Gasteiger partial charge on any atom is 0.258 e. The van der Waals surface area contributed by atoms with Gasteiger partial charge in [0.15, 0.2) is 0 Å². The minimum absolute atomic E-state index is 0.225. The summed E-state index contributed by atoms with van der Waals surface area (Å²) in [6, 6.07) is 7.13. The number of nitrogens with zero attached hydrogens (tertiary/aromatic N) is 2. The van der Waals surface area contributed by atoms with Gasteiger partial charge in [-0.15, -0.1) is 0 Å². The van der Waals surface area contributed by atoms with Crippen LogP contribution in [-0.2, 0) is 0 Å². The fourth-order valence-corrected chi connectivity index (χ4v) is 1.61. The number of aromatic nitrogens is 2. The molecule has 4 nitrogen and oxygen atoms in total. The second-order valence-electron chi connectivity index (χ2n) is 3.48. The van der Waals surface area contributed by atoms with Gasteiger partial charge in [-0.05, 0) is 47.1 Å². The summed E-state index contributed by atoms with van der Waals surface area (Å²) >= 11 is 3.32. The topological polar surface area (TPSA) is 54.9 Å². The minimum Gasteiger partial charge on any atom is -0.306 e. The summed E-state index contributed by atoms with van der Waals surface area (Å²) in [5.74, 6) is 0.273. The summed E-state index contributed by atoms with van der Waals surface area (Å²) in [6.45, 7) is 1.87. The van der Waals surface area contributed by atoms with Gasteiger partial charge < -0.3 is 5.32 Å². The Morgan fingerprint density at radius 3 is 2.76 bits per heavy atom. The molecule has 0 radical (unpaired) electrons. The van der Waals surface area contributed by atoms with Crippen molar-refractivity contribution in [3.63, 3.8) is 0 Å². The summed E-state index contributed by atoms with van der Waals surface area (Å²) in [5, 5.41) is 2.71. The number of hydrogen-bond donors (Lipinski definition) is 1. The molecule has 2 aromatic heterocycles. The number of amides is 1. The van der Waals surface area contributed by atoms with Gasteiger partial charge in [0.25, 0.3) is 5.91 Å². The predicted molar refractivity (Wildman–Crippen MR) is 68.9 cm³/mol. The van der Waals surface area contributed by atoms with E-state index in [0.717, 1.165) is 10.2 Å². The quantitative estimate of drug-likeness (QED) is 0.926. The molecule has 0 saturated carbocycles. The Kier molecular flexibility index (Phi) is 3.49. The van der Waals surface area contributed by atoms with Gasteiger partial charge in [0.2, 0.25) is 0 Å². The van der Waals surface area contributed by atoms with Crippen LogP contribution in [0.3, 0.4) is 0 Å². The lowest BCUT2D eigenvalue weighted by Gasteiger charge is -2.05. The van der Waals surface area contributed by atoms with Crippen LogP contribution < -0.4 is 5.32 Å². The third-order valence-corrected chi connectivity index (χ3v) is 2.80. The summed E-state index contributed by atoms with van der Waals surface area (Å²) in [7, 11) is 0. The highest BCUT2D eigenvalue weighted by Crippen LogP contribution is 2.18. The van der Waals surface area contributed by atoms with Gasteiger partial charge in [-0.2, -0.15) is 0 Å². The summed E-state index contributed by atoms with van der Waals surface area (Å²) in [6.07, 6.45) is 3.16. The Morgan fingerprint density at radius 1 is 1.29 bits per heavy atom. The first-order chi connectivity index (χ1) is 8.16. The maximum atomic E-state index is 11.9. The molecule has 17 heavy (non-hydrogen) atoms. The number of aryl methyl sites for hydroxylation is 1. The van der Waals surface area contributed by atoms with Crippen LogP contribution in [-0.4, -0.2) is 15.9 Å². The van der Waals surface area contributed by atoms with Crippen molar-refractivity contribution in [1.29, 1.82) is 0 Å². The highest BCUT2D eigenvalue weighted by Gasteiger charge is 2.08. The second kappa shape index (κ2) is 5.05. The first-order valence-corrected chi connectivity index (χ1v) is 5.80. The monoisotopic (exact) mass is 291 g/mol. The van der Waals surface area contributed by atoms with Crippen LogP contribution in [0.5, 0.6) is 0 Å². The number of anilines is 1. The van der Waals surface area contributed by atoms with Crippen molar-refractivity contribution >= 4 is 27.7 Å². The Bertz CT molecular complexity index is 540. The number of rotatable bonds is 2. The zero-order chi connectivity index (χ0) is 12.3. The number of carbonyl (C=O) groups is 1. The molecule has 0 aliphatic heterocycles. The lowest BCUT2D eigenvalue weighted by atomic mass is 10.2. The Morgan fingerprint density at radius 2 is 2.12 bits per heavy atom. The molecule has 0 unspecified atom stereocenters. The lowest BCUT2D eigenvalue weighted by molar-refractivity contribution is 0.102. The fourth-order valence-electron chi connectivity index (χ4n) is 1.26. The van der Waals surface area contributed by atoms with Crippen molar-refractivity contribution in [3.8, 4) is 0 Å². The van der Waals surface area contributed by atoms with E-state index >= 15 is 0 Å². The van der Waals surface area contributed by atoms with Crippen molar-refractivity contribution in [2.45, 2.75) is 6.92 Å². The first kappa shape index (κ1) is 11.7. The third-order valence-electron chi connectivity index (χ3n) is 2.16. The van der Waals surface area contributed by atoms with E-state index in [9.17, 15) is 4.79 Å². The van der Waals surface area contributed by atoms with Crippen molar-refractivity contribution < 1.29 is 4.79 Å². The van der Waals surface area contributed by atoms with Gasteiger partial charge in [-0.25, -0.2) is 4.98 Å². The Labute approximate surface area is 107 Å². The summed E-state index contributed by atoms with van der Waals surface area (Å²) in [4.78, 5) is 20.0. The van der Waals surface area contributed by atoms with E-state index in [0.29, 0.717) is 11.4 Å². The first-order valence-electron chi connectivity index (χ1n) is 5.01. The molecule has 5 heteroatoms. The molecule has 86 valence electrons. The number of carbonyl (C=O) groups excluding carboxylic acids is 1. The molecule has 2 aromatic rings. The smallest absolute Gasteiger partial charge is 0.258 e. The van der Waals surface area contributed by atoms with Crippen LogP contribution in [0.2, 0.25) is 0 Å². The van der Waals surface area contributed by atoms with E-state index in [-0.39, 0.29) is 5.91 Å². The molecule has 1 N–H and O–H groups in total. The fraction of sp³-hybridized carbons (Fsp3) is 0.0833. The van der Waals surface area contributed by atoms with Crippen molar-refractivity contribution in [2.75, 3.05) is 5.32 Å². The Balaban J connectivity index is 2.17. The summed E-state index contributed by atoms with van der Waals surface area (Å²) < 4.78 is 0.744. The highest BCUT2D eigenvalue weighted by atomic mass is 79.9. The van der Waals surface area contributed by atoms with E-state index in [1.807, 2.05) is 13.0 Å². The third kappa shape index (κ3) is 2.88. The molecule has 0 aliphatic carbocycles. The van der Waals surface area contributed by atoms with Crippen LogP contribution in [0.4, 0.5) is 5.82 Å². The average Bonchev–Trinajstić information content (AvgIpc) is 2.33. The average molecular weight is 292 g/mol. The highest BCUT2D eigenvalue weighted by molar-refractivity contribution is 9.10. The van der Waals surface area contributed by atoms with Crippen molar-refractivity contribution in [2.24, 2.45) is 0 Å². The van der Waals surface area contributed by atoms with E-state index < -0.39 is 0 Å². The molecule has 0 fully saturated rings. The lowest BCUT2D eigenvalue weighted by Crippen LogP contribution is -2.13. The van der Waals surface area contributed by atoms with Crippen molar-refractivity contribution in [3.05, 3.63) is 52.4 Å². The maximum absolute atomic E-state index is 11.9. The number of nitrogens with one attached hydrogen (secondary N) is 1. The van der Waals surface area contributed by atoms with E-state index in [4.69, 9.17) is 0 Å². The van der Waals surface area contributed by atoms with Gasteiger partial charge in [-0.1, -0.05) is 0 Å². The van der Waals surface area contributed by atoms with E-state index in [1.54, 1.807) is 30.6 Å². The number of hydrogen-bond acceptors (Lipinski definition) is 3. The molecule has 2 heterocycles. The van der Waals surface area contributed by atoms with Gasteiger partial charge in [0.05, 0.1) is 10.0 Å². The van der Waals surface area contributed by atoms with Crippen molar-refractivity contribution in [1.82, 2.24) is 9.97 Å². The normalized spacial score (nSPS) is 10.0. The molecule has 0 spiro atoms. The molecule has 0 atom stereocenters. The van der Waals surface area contributed by atoms with E-state index in [2.05, 4.69) is 31.2 Å². The van der Waals surface area contributed by atoms with Gasteiger partial charge in [0, 0.05) is 18.1 Å². The number of halogens is 1. The van der Waals surface area contributed by atoms with Gasteiger partial charge >= 0.3 is 0 Å². The molecule has 2 rings (SSSR count). The van der Waals surface area contributed by atoms with Crippen LogP contribution >= 0.6 is 15.9 Å². The van der Waals surface area contributed by atoms with Crippen LogP contribution in [0.25, 0.3) is 0 Å². The standard InChI is InChI=1S/C12H10BrN3O/c1-8-4-5-9(7-15-8)12(17)16-11-10(13)3-2-6-14-11/h2-7H,1H3,(H,14,16,17). The van der Waals surface area contributed by atoms with Gasteiger partial charge in [0.1, 0.15) is 5.82 Å².